The van der Waals surface area contributed by atoms with Crippen LogP contribution in [0, 0.1) is 17.2 Å². The summed E-state index contributed by atoms with van der Waals surface area (Å²) >= 11 is 5.96. The van der Waals surface area contributed by atoms with Gasteiger partial charge in [-0.15, -0.1) is 0 Å². The van der Waals surface area contributed by atoms with Gasteiger partial charge in [-0.1, -0.05) is 80.0 Å². The zero-order valence-electron chi connectivity index (χ0n) is 23.0. The van der Waals surface area contributed by atoms with Crippen molar-refractivity contribution in [3.8, 4) is 17.6 Å². The maximum absolute atomic E-state index is 13.0. The van der Waals surface area contributed by atoms with E-state index in [1.807, 2.05) is 56.3 Å². The molecule has 0 heterocycles. The molecule has 210 valence electrons. The highest BCUT2D eigenvalue weighted by molar-refractivity contribution is 6.30. The van der Waals surface area contributed by atoms with Crippen LogP contribution in [0.15, 0.2) is 103 Å². The second-order valence-electron chi connectivity index (χ2n) is 9.29. The monoisotopic (exact) mass is 570 g/mol. The van der Waals surface area contributed by atoms with E-state index in [2.05, 4.69) is 10.8 Å². The Balaban J connectivity index is 0.000000352. The Hall–Kier alpha value is -4.80. The highest BCUT2D eigenvalue weighted by Crippen LogP contribution is 2.31. The number of benzene rings is 4. The molecule has 0 unspecified atom stereocenters. The highest BCUT2D eigenvalue weighted by Gasteiger charge is 2.29. The van der Waals surface area contributed by atoms with Gasteiger partial charge in [0.2, 0.25) is 6.10 Å². The molecule has 0 fully saturated rings. The molecule has 7 nitrogen and oxygen atoms in total. The number of hydrogen-bond donors (Lipinski definition) is 1. The fourth-order valence-electron chi connectivity index (χ4n) is 3.98. The average molecular weight is 571 g/mol. The molecule has 0 radical (unpaired) electrons. The Bertz CT molecular complexity index is 1480. The number of esters is 2. The minimum Gasteiger partial charge on any atom is -0.465 e. The number of ether oxygens (including phenoxy) is 3. The summed E-state index contributed by atoms with van der Waals surface area (Å²) in [5.41, 5.74) is 7.71. The minimum atomic E-state index is -1.04. The lowest BCUT2D eigenvalue weighted by atomic mass is 9.88. The first-order valence-corrected chi connectivity index (χ1v) is 13.2. The third-order valence-corrected chi connectivity index (χ3v) is 6.26. The number of methoxy groups -OCH3 is 1. The van der Waals surface area contributed by atoms with Gasteiger partial charge in [-0.05, 0) is 60.0 Å². The van der Waals surface area contributed by atoms with E-state index in [4.69, 9.17) is 26.8 Å². The van der Waals surface area contributed by atoms with Crippen LogP contribution in [0.2, 0.25) is 5.02 Å². The maximum Gasteiger partial charge on any atom is 0.339 e. The van der Waals surface area contributed by atoms with Gasteiger partial charge in [-0.25, -0.2) is 4.79 Å². The molecule has 0 aliphatic carbocycles. The molecular formula is C33H31ClN2O5. The minimum absolute atomic E-state index is 0.00855. The fraction of sp³-hybridized carbons (Fsp3) is 0.182. The lowest BCUT2D eigenvalue weighted by molar-refractivity contribution is -0.150. The lowest BCUT2D eigenvalue weighted by Gasteiger charge is -2.22. The Labute approximate surface area is 245 Å². The molecule has 0 saturated heterocycles. The molecule has 4 rings (SSSR count). The first-order chi connectivity index (χ1) is 19.7. The number of nitrogens with zero attached hydrogens (tertiary/aromatic N) is 1. The number of rotatable bonds is 8. The zero-order valence-corrected chi connectivity index (χ0v) is 23.7. The molecule has 0 spiro atoms. The van der Waals surface area contributed by atoms with Crippen LogP contribution in [-0.4, -0.2) is 19.0 Å². The van der Waals surface area contributed by atoms with E-state index in [9.17, 15) is 14.9 Å². The van der Waals surface area contributed by atoms with Gasteiger partial charge in [0.05, 0.1) is 18.6 Å². The maximum atomic E-state index is 13.0. The van der Waals surface area contributed by atoms with Crippen molar-refractivity contribution in [3.05, 3.63) is 125 Å². The fourth-order valence-corrected chi connectivity index (χ4v) is 4.11. The van der Waals surface area contributed by atoms with Crippen LogP contribution in [0.1, 0.15) is 47.4 Å². The standard InChI is InChI=1S/C25H22ClNO3.C8H9NO2/c1-17(2)24(18-11-13-20(26)14-12-18)25(28)30-23(16-27)19-7-6-10-22(15-19)29-21-8-4-3-5-9-21;1-11-8(10)6-4-2-3-5-7(6)9/h3-15,17,23-24H,1-2H3;2-5H,9H2,1H3/t23-,24+;/m1./s1. The average Bonchev–Trinajstić information content (AvgIpc) is 2.98. The number of carbonyl (C=O) groups excluding carboxylic acids is 2. The first kappa shape index (κ1) is 30.7. The van der Waals surface area contributed by atoms with Crippen LogP contribution in [-0.2, 0) is 14.3 Å². The smallest absolute Gasteiger partial charge is 0.339 e. The molecule has 8 heteroatoms. The summed E-state index contributed by atoms with van der Waals surface area (Å²) in [5.74, 6) is -0.111. The molecule has 4 aromatic rings. The van der Waals surface area contributed by atoms with Crippen LogP contribution in [0.3, 0.4) is 0 Å². The number of anilines is 1. The third-order valence-electron chi connectivity index (χ3n) is 6.01. The van der Waals surface area contributed by atoms with Gasteiger partial charge < -0.3 is 19.9 Å². The topological polar surface area (TPSA) is 112 Å². The van der Waals surface area contributed by atoms with Crippen molar-refractivity contribution >= 4 is 29.2 Å². The number of nitriles is 1. The van der Waals surface area contributed by atoms with Crippen LogP contribution >= 0.6 is 11.6 Å². The van der Waals surface area contributed by atoms with Crippen molar-refractivity contribution in [1.82, 2.24) is 0 Å². The van der Waals surface area contributed by atoms with E-state index in [1.165, 1.54) is 7.11 Å². The van der Waals surface area contributed by atoms with Gasteiger partial charge in [0, 0.05) is 16.3 Å². The second-order valence-corrected chi connectivity index (χ2v) is 9.72. The largest absolute Gasteiger partial charge is 0.465 e. The van der Waals surface area contributed by atoms with Gasteiger partial charge in [0.25, 0.3) is 0 Å². The predicted octanol–water partition coefficient (Wildman–Crippen LogP) is 7.74. The Morgan fingerprint density at radius 2 is 1.46 bits per heavy atom. The summed E-state index contributed by atoms with van der Waals surface area (Å²) in [6, 6.07) is 32.3. The molecule has 0 bridgehead atoms. The molecule has 0 aliphatic heterocycles. The van der Waals surface area contributed by atoms with Crippen LogP contribution in [0.25, 0.3) is 0 Å². The van der Waals surface area contributed by atoms with Crippen molar-refractivity contribution in [3.63, 3.8) is 0 Å². The molecule has 2 atom stereocenters. The van der Waals surface area contributed by atoms with Crippen molar-refractivity contribution in [2.24, 2.45) is 5.92 Å². The summed E-state index contributed by atoms with van der Waals surface area (Å²) in [6.07, 6.45) is -1.04. The van der Waals surface area contributed by atoms with Crippen molar-refractivity contribution in [1.29, 1.82) is 5.26 Å². The molecule has 0 amide bonds. The summed E-state index contributed by atoms with van der Waals surface area (Å²) in [7, 11) is 1.33. The van der Waals surface area contributed by atoms with E-state index in [-0.39, 0.29) is 5.92 Å². The first-order valence-electron chi connectivity index (χ1n) is 12.8. The van der Waals surface area contributed by atoms with E-state index in [0.29, 0.717) is 33.3 Å². The molecular weight excluding hydrogens is 540 g/mol. The van der Waals surface area contributed by atoms with E-state index in [0.717, 1.165) is 5.56 Å². The van der Waals surface area contributed by atoms with E-state index >= 15 is 0 Å². The SMILES string of the molecule is CC(C)[C@H](C(=O)O[C@H](C#N)c1cccc(Oc2ccccc2)c1)c1ccc(Cl)cc1.COC(=O)c1ccccc1N. The number of halogens is 1. The molecule has 0 aromatic heterocycles. The molecule has 0 saturated carbocycles. The van der Waals surface area contributed by atoms with Crippen molar-refractivity contribution in [2.75, 3.05) is 12.8 Å². The molecule has 4 aromatic carbocycles. The molecule has 0 aliphatic rings. The second kappa shape index (κ2) is 15.1. The van der Waals surface area contributed by atoms with Gasteiger partial charge in [-0.2, -0.15) is 5.26 Å². The van der Waals surface area contributed by atoms with Crippen LogP contribution < -0.4 is 10.5 Å². The van der Waals surface area contributed by atoms with E-state index in [1.54, 1.807) is 60.7 Å². The van der Waals surface area contributed by atoms with Gasteiger partial charge in [0.15, 0.2) is 0 Å². The number of carbonyl (C=O) groups is 2. The summed E-state index contributed by atoms with van der Waals surface area (Å²) in [4.78, 5) is 23.9. The number of hydrogen-bond acceptors (Lipinski definition) is 7. The van der Waals surface area contributed by atoms with Crippen LogP contribution in [0.4, 0.5) is 5.69 Å². The number of nitrogen functional groups attached to an aromatic ring is 1. The summed E-state index contributed by atoms with van der Waals surface area (Å²) < 4.78 is 15.9. The Morgan fingerprint density at radius 1 is 0.829 bits per heavy atom. The summed E-state index contributed by atoms with van der Waals surface area (Å²) in [5, 5.41) is 10.2. The quantitative estimate of drug-likeness (QED) is 0.170. The normalized spacial score (nSPS) is 11.7. The van der Waals surface area contributed by atoms with Crippen molar-refractivity contribution < 1.29 is 23.8 Å². The van der Waals surface area contributed by atoms with Gasteiger partial charge in [-0.3, -0.25) is 4.79 Å². The lowest BCUT2D eigenvalue weighted by Crippen LogP contribution is -2.22. The highest BCUT2D eigenvalue weighted by atomic mass is 35.5. The number of para-hydroxylation sites is 2. The van der Waals surface area contributed by atoms with E-state index < -0.39 is 24.0 Å². The number of nitrogens with two attached hydrogens (primary N) is 1. The van der Waals surface area contributed by atoms with Gasteiger partial charge in [0.1, 0.15) is 17.6 Å². The summed E-state index contributed by atoms with van der Waals surface area (Å²) in [6.45, 7) is 3.88. The van der Waals surface area contributed by atoms with Gasteiger partial charge >= 0.3 is 11.9 Å². The Kier molecular flexibility index (Phi) is 11.3. The van der Waals surface area contributed by atoms with Crippen molar-refractivity contribution in [2.45, 2.75) is 25.9 Å². The zero-order chi connectivity index (χ0) is 29.8. The Morgan fingerprint density at radius 3 is 2.07 bits per heavy atom. The van der Waals surface area contributed by atoms with Crippen LogP contribution in [0.5, 0.6) is 11.5 Å². The predicted molar refractivity (Wildman–Crippen MR) is 159 cm³/mol. The molecule has 2 N–H and O–H groups in total. The third kappa shape index (κ3) is 8.85. The molecule has 41 heavy (non-hydrogen) atoms.